The molecular formula is C16H14FNOS2. The maximum Gasteiger partial charge on any atom is 0.236 e. The van der Waals surface area contributed by atoms with Gasteiger partial charge < -0.3 is 4.42 Å². The van der Waals surface area contributed by atoms with Crippen LogP contribution < -0.4 is 0 Å². The Morgan fingerprint density at radius 1 is 1.24 bits per heavy atom. The number of thiophene rings is 1. The topological polar surface area (TPSA) is 26.0 Å². The van der Waals surface area contributed by atoms with Gasteiger partial charge in [-0.15, -0.1) is 11.3 Å². The lowest BCUT2D eigenvalue weighted by atomic mass is 10.2. The summed E-state index contributed by atoms with van der Waals surface area (Å²) < 4.78 is 18.8. The molecule has 21 heavy (non-hydrogen) atoms. The SMILES string of the molecule is Cc1oc(-c2cccs2)nc1CSCc1cccc(F)c1. The fourth-order valence-corrected chi connectivity index (χ4v) is 3.59. The van der Waals surface area contributed by atoms with E-state index in [1.165, 1.54) is 6.07 Å². The van der Waals surface area contributed by atoms with Gasteiger partial charge in [0.05, 0.1) is 10.6 Å². The van der Waals surface area contributed by atoms with Crippen molar-refractivity contribution >= 4 is 23.1 Å². The molecule has 0 atom stereocenters. The summed E-state index contributed by atoms with van der Waals surface area (Å²) in [5.41, 5.74) is 1.94. The lowest BCUT2D eigenvalue weighted by Crippen LogP contribution is -1.87. The first-order valence-electron chi connectivity index (χ1n) is 6.55. The van der Waals surface area contributed by atoms with E-state index in [2.05, 4.69) is 4.98 Å². The highest BCUT2D eigenvalue weighted by molar-refractivity contribution is 7.97. The second-order valence-electron chi connectivity index (χ2n) is 4.62. The lowest BCUT2D eigenvalue weighted by molar-refractivity contribution is 0.542. The van der Waals surface area contributed by atoms with E-state index in [0.717, 1.165) is 33.4 Å². The van der Waals surface area contributed by atoms with E-state index in [1.54, 1.807) is 35.2 Å². The molecule has 3 rings (SSSR count). The van der Waals surface area contributed by atoms with E-state index in [0.29, 0.717) is 5.89 Å². The predicted octanol–water partition coefficient (Wildman–Crippen LogP) is 5.28. The summed E-state index contributed by atoms with van der Waals surface area (Å²) >= 11 is 3.32. The first kappa shape index (κ1) is 14.4. The van der Waals surface area contributed by atoms with E-state index >= 15 is 0 Å². The van der Waals surface area contributed by atoms with E-state index in [4.69, 9.17) is 4.42 Å². The van der Waals surface area contributed by atoms with Crippen LogP contribution in [-0.2, 0) is 11.5 Å². The Hall–Kier alpha value is -1.59. The molecule has 2 heterocycles. The van der Waals surface area contributed by atoms with Gasteiger partial charge in [-0.2, -0.15) is 11.8 Å². The highest BCUT2D eigenvalue weighted by Gasteiger charge is 2.12. The summed E-state index contributed by atoms with van der Waals surface area (Å²) in [6.45, 7) is 1.93. The number of aromatic nitrogens is 1. The Bertz CT molecular complexity index is 722. The third-order valence-electron chi connectivity index (χ3n) is 3.02. The number of oxazole rings is 1. The van der Waals surface area contributed by atoms with Gasteiger partial charge in [0.2, 0.25) is 5.89 Å². The minimum Gasteiger partial charge on any atom is -0.440 e. The molecule has 0 spiro atoms. The quantitative estimate of drug-likeness (QED) is 0.639. The van der Waals surface area contributed by atoms with Crippen molar-refractivity contribution in [3.8, 4) is 10.8 Å². The highest BCUT2D eigenvalue weighted by Crippen LogP contribution is 2.28. The normalized spacial score (nSPS) is 11.0. The summed E-state index contributed by atoms with van der Waals surface area (Å²) in [5, 5.41) is 2.01. The van der Waals surface area contributed by atoms with Crippen molar-refractivity contribution in [3.05, 3.63) is 64.6 Å². The minimum absolute atomic E-state index is 0.189. The van der Waals surface area contributed by atoms with Crippen LogP contribution in [-0.4, -0.2) is 4.98 Å². The molecular weight excluding hydrogens is 305 g/mol. The molecule has 5 heteroatoms. The van der Waals surface area contributed by atoms with Gasteiger partial charge in [0.25, 0.3) is 0 Å². The van der Waals surface area contributed by atoms with Crippen molar-refractivity contribution < 1.29 is 8.81 Å². The standard InChI is InChI=1S/C16H14FNOS2/c1-11-14(18-16(19-11)15-6-3-7-21-15)10-20-9-12-4-2-5-13(17)8-12/h2-8H,9-10H2,1H3. The van der Waals surface area contributed by atoms with Gasteiger partial charge in [0.1, 0.15) is 11.6 Å². The third-order valence-corrected chi connectivity index (χ3v) is 4.89. The van der Waals surface area contributed by atoms with Crippen LogP contribution in [0, 0.1) is 12.7 Å². The number of thioether (sulfide) groups is 1. The van der Waals surface area contributed by atoms with Crippen LogP contribution in [0.15, 0.2) is 46.2 Å². The first-order chi connectivity index (χ1) is 10.2. The van der Waals surface area contributed by atoms with Gasteiger partial charge in [0.15, 0.2) is 0 Å². The molecule has 0 unspecified atom stereocenters. The molecule has 0 aliphatic rings. The van der Waals surface area contributed by atoms with Crippen LogP contribution in [0.3, 0.4) is 0 Å². The molecule has 2 aromatic heterocycles. The van der Waals surface area contributed by atoms with Crippen LogP contribution >= 0.6 is 23.1 Å². The molecule has 0 N–H and O–H groups in total. The summed E-state index contributed by atoms with van der Waals surface area (Å²) in [7, 11) is 0. The zero-order valence-electron chi connectivity index (χ0n) is 11.5. The molecule has 0 saturated carbocycles. The second kappa shape index (κ2) is 6.45. The van der Waals surface area contributed by atoms with E-state index < -0.39 is 0 Å². The Morgan fingerprint density at radius 3 is 2.90 bits per heavy atom. The van der Waals surface area contributed by atoms with Crippen molar-refractivity contribution in [2.45, 2.75) is 18.4 Å². The van der Waals surface area contributed by atoms with Crippen molar-refractivity contribution in [2.75, 3.05) is 0 Å². The van der Waals surface area contributed by atoms with Crippen LogP contribution in [0.25, 0.3) is 10.8 Å². The first-order valence-corrected chi connectivity index (χ1v) is 8.58. The Balaban J connectivity index is 1.63. The number of benzene rings is 1. The van der Waals surface area contributed by atoms with Crippen LogP contribution in [0.1, 0.15) is 17.0 Å². The molecule has 0 amide bonds. The number of rotatable bonds is 5. The summed E-state index contributed by atoms with van der Waals surface area (Å²) in [4.78, 5) is 5.59. The second-order valence-corrected chi connectivity index (χ2v) is 6.56. The maximum atomic E-state index is 13.1. The number of hydrogen-bond acceptors (Lipinski definition) is 4. The molecule has 0 radical (unpaired) electrons. The molecule has 108 valence electrons. The van der Waals surface area contributed by atoms with E-state index in [1.807, 2.05) is 30.5 Å². The molecule has 0 saturated heterocycles. The van der Waals surface area contributed by atoms with Crippen LogP contribution in [0.5, 0.6) is 0 Å². The van der Waals surface area contributed by atoms with Crippen molar-refractivity contribution in [3.63, 3.8) is 0 Å². The fourth-order valence-electron chi connectivity index (χ4n) is 1.96. The zero-order valence-corrected chi connectivity index (χ0v) is 13.1. The van der Waals surface area contributed by atoms with E-state index in [-0.39, 0.29) is 5.82 Å². The fraction of sp³-hybridized carbons (Fsp3) is 0.188. The predicted molar refractivity (Wildman–Crippen MR) is 86.0 cm³/mol. The number of hydrogen-bond donors (Lipinski definition) is 0. The minimum atomic E-state index is -0.189. The van der Waals surface area contributed by atoms with Crippen molar-refractivity contribution in [1.29, 1.82) is 0 Å². The molecule has 1 aromatic carbocycles. The molecule has 0 bridgehead atoms. The maximum absolute atomic E-state index is 13.1. The van der Waals surface area contributed by atoms with Crippen molar-refractivity contribution in [1.82, 2.24) is 4.98 Å². The molecule has 2 nitrogen and oxygen atoms in total. The zero-order chi connectivity index (χ0) is 14.7. The molecule has 0 aliphatic heterocycles. The van der Waals surface area contributed by atoms with Crippen molar-refractivity contribution in [2.24, 2.45) is 0 Å². The smallest absolute Gasteiger partial charge is 0.236 e. The number of nitrogens with zero attached hydrogens (tertiary/aromatic N) is 1. The lowest BCUT2D eigenvalue weighted by Gasteiger charge is -2.00. The molecule has 0 fully saturated rings. The number of halogens is 1. The number of aryl methyl sites for hydroxylation is 1. The Kier molecular flexibility index (Phi) is 4.41. The summed E-state index contributed by atoms with van der Waals surface area (Å²) in [6, 6.07) is 10.7. The van der Waals surface area contributed by atoms with Gasteiger partial charge in [-0.1, -0.05) is 18.2 Å². The average Bonchev–Trinajstić information content (AvgIpc) is 3.09. The van der Waals surface area contributed by atoms with E-state index in [9.17, 15) is 4.39 Å². The Morgan fingerprint density at radius 2 is 2.14 bits per heavy atom. The van der Waals surface area contributed by atoms with Crippen LogP contribution in [0.4, 0.5) is 4.39 Å². The summed E-state index contributed by atoms with van der Waals surface area (Å²) in [6.07, 6.45) is 0. The monoisotopic (exact) mass is 319 g/mol. The third kappa shape index (κ3) is 3.54. The van der Waals surface area contributed by atoms with Gasteiger partial charge >= 0.3 is 0 Å². The molecule has 3 aromatic rings. The molecule has 0 aliphatic carbocycles. The van der Waals surface area contributed by atoms with Gasteiger partial charge in [-0.3, -0.25) is 0 Å². The summed E-state index contributed by atoms with van der Waals surface area (Å²) in [5.74, 6) is 2.87. The van der Waals surface area contributed by atoms with Gasteiger partial charge in [-0.25, -0.2) is 9.37 Å². The van der Waals surface area contributed by atoms with Crippen LogP contribution in [0.2, 0.25) is 0 Å². The van der Waals surface area contributed by atoms with Gasteiger partial charge in [-0.05, 0) is 36.1 Å². The van der Waals surface area contributed by atoms with Gasteiger partial charge in [0, 0.05) is 11.5 Å². The average molecular weight is 319 g/mol. The highest BCUT2D eigenvalue weighted by atomic mass is 32.2. The largest absolute Gasteiger partial charge is 0.440 e. The Labute approximate surface area is 131 Å².